The first-order chi connectivity index (χ1) is 11.4. The molecule has 1 aromatic carbocycles. The number of para-hydroxylation sites is 2. The van der Waals surface area contributed by atoms with Gasteiger partial charge in [-0.15, -0.1) is 0 Å². The summed E-state index contributed by atoms with van der Waals surface area (Å²) in [6.45, 7) is 0.0164. The van der Waals surface area contributed by atoms with Crippen LogP contribution in [0.1, 0.15) is 25.7 Å². The molecule has 24 heavy (non-hydrogen) atoms. The van der Waals surface area contributed by atoms with Crippen molar-refractivity contribution in [3.63, 3.8) is 0 Å². The van der Waals surface area contributed by atoms with Crippen LogP contribution < -0.4 is 14.4 Å². The molecule has 2 saturated carbocycles. The Morgan fingerprint density at radius 3 is 2.71 bits per heavy atom. The van der Waals surface area contributed by atoms with Crippen LogP contribution in [-0.2, 0) is 14.8 Å². The lowest BCUT2D eigenvalue weighted by Gasteiger charge is -2.35. The molecule has 2 fully saturated rings. The number of benzene rings is 1. The van der Waals surface area contributed by atoms with Gasteiger partial charge in [0.25, 0.3) is 5.91 Å². The number of nitrogens with one attached hydrogen (secondary N) is 1. The van der Waals surface area contributed by atoms with E-state index in [4.69, 9.17) is 4.74 Å². The molecule has 6 nitrogen and oxygen atoms in total. The molecule has 1 amide bonds. The minimum absolute atomic E-state index is 0.0164. The van der Waals surface area contributed by atoms with Gasteiger partial charge in [0.15, 0.2) is 6.10 Å². The molecule has 4 rings (SSSR count). The topological polar surface area (TPSA) is 75.7 Å². The zero-order chi connectivity index (χ0) is 16.9. The summed E-state index contributed by atoms with van der Waals surface area (Å²) < 4.78 is 31.3. The third-order valence-corrected chi connectivity index (χ3v) is 6.64. The molecular formula is C17H22N2O4S. The first kappa shape index (κ1) is 15.7. The smallest absolute Gasteiger partial charge is 0.263 e. The molecule has 1 aromatic rings. The summed E-state index contributed by atoms with van der Waals surface area (Å²) in [5.41, 5.74) is 0.490. The van der Waals surface area contributed by atoms with E-state index in [-0.39, 0.29) is 18.5 Å². The van der Waals surface area contributed by atoms with E-state index in [0.29, 0.717) is 17.4 Å². The highest BCUT2D eigenvalue weighted by Gasteiger charge is 2.42. The maximum absolute atomic E-state index is 12.7. The fourth-order valence-electron chi connectivity index (χ4n) is 4.35. The van der Waals surface area contributed by atoms with Crippen LogP contribution >= 0.6 is 0 Å². The lowest BCUT2D eigenvalue weighted by atomic mass is 9.95. The zero-order valence-electron chi connectivity index (χ0n) is 13.6. The van der Waals surface area contributed by atoms with Crippen LogP contribution in [0.15, 0.2) is 24.3 Å². The van der Waals surface area contributed by atoms with Crippen molar-refractivity contribution in [1.82, 2.24) is 5.32 Å². The van der Waals surface area contributed by atoms with Crippen LogP contribution in [-0.4, -0.2) is 39.3 Å². The van der Waals surface area contributed by atoms with Gasteiger partial charge in [-0.05, 0) is 43.2 Å². The number of anilines is 1. The van der Waals surface area contributed by atoms with Crippen LogP contribution in [0.4, 0.5) is 5.69 Å². The van der Waals surface area contributed by atoms with Crippen molar-refractivity contribution in [3.8, 4) is 5.75 Å². The monoisotopic (exact) mass is 350 g/mol. The normalized spacial score (nSPS) is 31.5. The quantitative estimate of drug-likeness (QED) is 0.897. The number of hydrogen-bond acceptors (Lipinski definition) is 4. The van der Waals surface area contributed by atoms with Gasteiger partial charge in [-0.3, -0.25) is 9.10 Å². The Hall–Kier alpha value is -1.76. The highest BCUT2D eigenvalue weighted by molar-refractivity contribution is 7.92. The Labute approximate surface area is 142 Å². The van der Waals surface area contributed by atoms with Crippen LogP contribution in [0.2, 0.25) is 0 Å². The van der Waals surface area contributed by atoms with Gasteiger partial charge in [-0.2, -0.15) is 0 Å². The minimum Gasteiger partial charge on any atom is -0.476 e. The average Bonchev–Trinajstić information content (AvgIpc) is 3.15. The summed E-state index contributed by atoms with van der Waals surface area (Å²) in [5, 5.41) is 3.10. The van der Waals surface area contributed by atoms with E-state index in [2.05, 4.69) is 5.32 Å². The summed E-state index contributed by atoms with van der Waals surface area (Å²) >= 11 is 0. The third kappa shape index (κ3) is 2.75. The highest BCUT2D eigenvalue weighted by Crippen LogP contribution is 2.44. The molecule has 0 aromatic heterocycles. The molecule has 3 aliphatic rings. The minimum atomic E-state index is -3.47. The van der Waals surface area contributed by atoms with Crippen LogP contribution in [0, 0.1) is 11.8 Å². The predicted molar refractivity (Wildman–Crippen MR) is 90.4 cm³/mol. The van der Waals surface area contributed by atoms with Crippen molar-refractivity contribution in [3.05, 3.63) is 24.3 Å². The van der Waals surface area contributed by atoms with Crippen LogP contribution in [0.5, 0.6) is 5.75 Å². The molecule has 1 heterocycles. The largest absolute Gasteiger partial charge is 0.476 e. The van der Waals surface area contributed by atoms with Crippen molar-refractivity contribution < 1.29 is 17.9 Å². The van der Waals surface area contributed by atoms with Gasteiger partial charge in [-0.25, -0.2) is 8.42 Å². The van der Waals surface area contributed by atoms with E-state index in [1.807, 2.05) is 0 Å². The van der Waals surface area contributed by atoms with Gasteiger partial charge in [0.1, 0.15) is 5.75 Å². The lowest BCUT2D eigenvalue weighted by Crippen LogP contribution is -2.53. The molecule has 0 radical (unpaired) electrons. The van der Waals surface area contributed by atoms with Gasteiger partial charge >= 0.3 is 0 Å². The fraction of sp³-hybridized carbons (Fsp3) is 0.588. The Bertz CT molecular complexity index is 764. The molecule has 1 aliphatic heterocycles. The van der Waals surface area contributed by atoms with Crippen molar-refractivity contribution >= 4 is 21.6 Å². The maximum Gasteiger partial charge on any atom is 0.263 e. The molecule has 2 aliphatic carbocycles. The molecule has 1 N–H and O–H groups in total. The lowest BCUT2D eigenvalue weighted by molar-refractivity contribution is -0.128. The van der Waals surface area contributed by atoms with Crippen molar-refractivity contribution in [2.75, 3.05) is 17.1 Å². The van der Waals surface area contributed by atoms with E-state index in [1.54, 1.807) is 24.3 Å². The van der Waals surface area contributed by atoms with Crippen molar-refractivity contribution in [1.29, 1.82) is 0 Å². The summed E-state index contributed by atoms with van der Waals surface area (Å²) in [4.78, 5) is 12.7. The van der Waals surface area contributed by atoms with E-state index in [0.717, 1.165) is 18.6 Å². The molecule has 2 bridgehead atoms. The number of nitrogens with zero attached hydrogens (tertiary/aromatic N) is 1. The number of fused-ring (bicyclic) bond motifs is 3. The molecule has 0 spiro atoms. The number of sulfonamides is 1. The van der Waals surface area contributed by atoms with Crippen LogP contribution in [0.3, 0.4) is 0 Å². The second kappa shape index (κ2) is 5.65. The number of carbonyl (C=O) groups excluding carboxylic acids is 1. The Balaban J connectivity index is 1.53. The second-order valence-electron chi connectivity index (χ2n) is 7.16. The van der Waals surface area contributed by atoms with Gasteiger partial charge in [-0.1, -0.05) is 18.6 Å². The van der Waals surface area contributed by atoms with Gasteiger partial charge in [0, 0.05) is 6.04 Å². The summed E-state index contributed by atoms with van der Waals surface area (Å²) in [5.74, 6) is 1.53. The molecular weight excluding hydrogens is 328 g/mol. The Kier molecular flexibility index (Phi) is 3.71. The summed E-state index contributed by atoms with van der Waals surface area (Å²) in [6.07, 6.45) is 5.03. The first-order valence-electron chi connectivity index (χ1n) is 8.45. The first-order valence-corrected chi connectivity index (χ1v) is 10.3. The van der Waals surface area contributed by atoms with Gasteiger partial charge in [0.2, 0.25) is 10.0 Å². The standard InChI is InChI=1S/C17H22N2O4S/c1-24(21,22)19-10-16(23-15-5-3-2-4-14(15)19)17(20)18-13-9-11-6-7-12(13)8-11/h2-5,11-13,16H,6-10H2,1H3,(H,18,20)/t11-,12-,13-,16-/m1/s1. The number of carbonyl (C=O) groups is 1. The average molecular weight is 350 g/mol. The Morgan fingerprint density at radius 2 is 2.04 bits per heavy atom. The molecule has 130 valence electrons. The molecule has 4 atom stereocenters. The zero-order valence-corrected chi connectivity index (χ0v) is 14.5. The summed E-state index contributed by atoms with van der Waals surface area (Å²) in [7, 11) is -3.47. The number of ether oxygens (including phenoxy) is 1. The van der Waals surface area contributed by atoms with Crippen LogP contribution in [0.25, 0.3) is 0 Å². The van der Waals surface area contributed by atoms with Gasteiger partial charge in [0.05, 0.1) is 18.5 Å². The van der Waals surface area contributed by atoms with E-state index >= 15 is 0 Å². The SMILES string of the molecule is CS(=O)(=O)N1C[C@H](C(=O)N[C@@H]2C[C@@H]3CC[C@@H]2C3)Oc2ccccc21. The van der Waals surface area contributed by atoms with Crippen molar-refractivity contribution in [2.45, 2.75) is 37.8 Å². The third-order valence-electron chi connectivity index (χ3n) is 5.49. The number of rotatable bonds is 3. The molecule has 7 heteroatoms. The van der Waals surface area contributed by atoms with Crippen molar-refractivity contribution in [2.24, 2.45) is 11.8 Å². The van der Waals surface area contributed by atoms with E-state index in [1.165, 1.54) is 23.6 Å². The predicted octanol–water partition coefficient (Wildman–Crippen LogP) is 1.52. The van der Waals surface area contributed by atoms with E-state index < -0.39 is 16.1 Å². The highest BCUT2D eigenvalue weighted by atomic mass is 32.2. The second-order valence-corrected chi connectivity index (χ2v) is 9.07. The summed E-state index contributed by atoms with van der Waals surface area (Å²) in [6, 6.07) is 7.14. The molecule has 0 unspecified atom stereocenters. The Morgan fingerprint density at radius 1 is 1.25 bits per heavy atom. The maximum atomic E-state index is 12.7. The van der Waals surface area contributed by atoms with E-state index in [9.17, 15) is 13.2 Å². The van der Waals surface area contributed by atoms with Gasteiger partial charge < -0.3 is 10.1 Å². The number of amides is 1. The fourth-order valence-corrected chi connectivity index (χ4v) is 5.26. The number of hydrogen-bond donors (Lipinski definition) is 1. The molecule has 0 saturated heterocycles.